The Morgan fingerprint density at radius 3 is 2.28 bits per heavy atom. The number of carbonyl (C=O) groups excluding carboxylic acids is 2. The molecule has 2 saturated heterocycles. The van der Waals surface area contributed by atoms with Crippen LogP contribution in [0.4, 0.5) is 27.6 Å². The van der Waals surface area contributed by atoms with Crippen LogP contribution in [0.2, 0.25) is 0 Å². The molecule has 0 saturated carbocycles. The zero-order valence-corrected chi connectivity index (χ0v) is 28.9. The number of nitrogens with one attached hydrogen (secondary N) is 1. The molecule has 0 radical (unpaired) electrons. The van der Waals surface area contributed by atoms with Gasteiger partial charge in [0.05, 0.1) is 20.3 Å². The summed E-state index contributed by atoms with van der Waals surface area (Å²) in [7, 11) is 3.53. The third kappa shape index (κ3) is 9.52. The van der Waals surface area contributed by atoms with Crippen molar-refractivity contribution in [3.8, 4) is 5.75 Å². The molecule has 2 aliphatic rings. The van der Waals surface area contributed by atoms with Gasteiger partial charge in [0.1, 0.15) is 35.5 Å². The molecule has 2 aromatic rings. The maximum absolute atomic E-state index is 14.1. The average molecular weight is 711 g/mol. The van der Waals surface area contributed by atoms with E-state index in [-0.39, 0.29) is 13.2 Å². The first kappa shape index (κ1) is 39.8. The highest BCUT2D eigenvalue weighted by Gasteiger charge is 2.45. The average Bonchev–Trinajstić information content (AvgIpc) is 3.04. The minimum absolute atomic E-state index is 0.0589. The lowest BCUT2D eigenvalue weighted by Gasteiger charge is -2.38. The molecule has 2 aromatic carbocycles. The number of aryl methyl sites for hydroxylation is 1. The van der Waals surface area contributed by atoms with Crippen molar-refractivity contribution in [3.05, 3.63) is 75.6 Å². The second kappa shape index (κ2) is 17.3. The lowest BCUT2D eigenvalue weighted by molar-refractivity contribution is -0.167. The van der Waals surface area contributed by atoms with Crippen molar-refractivity contribution in [3.63, 3.8) is 0 Å². The first-order valence-corrected chi connectivity index (χ1v) is 15.9. The molecule has 1 atom stereocenters. The first-order valence-electron chi connectivity index (χ1n) is 15.9. The van der Waals surface area contributed by atoms with Crippen molar-refractivity contribution in [2.45, 2.75) is 52.8 Å². The number of likely N-dealkylation sites (tertiary alicyclic amines) is 1. The molecule has 2 aliphatic heterocycles. The van der Waals surface area contributed by atoms with Crippen molar-refractivity contribution in [2.75, 3.05) is 58.5 Å². The van der Waals surface area contributed by atoms with Crippen LogP contribution in [0.15, 0.2) is 41.7 Å². The summed E-state index contributed by atoms with van der Waals surface area (Å²) in [6.45, 7) is 8.65. The van der Waals surface area contributed by atoms with E-state index in [0.717, 1.165) is 47.8 Å². The fraction of sp³-hybridized carbons (Fsp3) is 0.457. The molecule has 2 fully saturated rings. The summed E-state index contributed by atoms with van der Waals surface area (Å²) >= 11 is 0. The second-order valence-corrected chi connectivity index (χ2v) is 11.8. The maximum atomic E-state index is 14.1. The number of nitrogens with zero attached hydrogens (tertiary/aromatic N) is 3. The molecular formula is C35H43F5N4O6. The predicted octanol–water partition coefficient (Wildman–Crippen LogP) is 5.54. The number of allylic oxidation sites excluding steroid dienone is 3. The zero-order valence-electron chi connectivity index (χ0n) is 28.9. The third-order valence-electron chi connectivity index (χ3n) is 8.59. The van der Waals surface area contributed by atoms with E-state index >= 15 is 0 Å². The van der Waals surface area contributed by atoms with Crippen molar-refractivity contribution in [1.29, 1.82) is 0 Å². The molecule has 50 heavy (non-hydrogen) atoms. The van der Waals surface area contributed by atoms with Gasteiger partial charge in [0.2, 0.25) is 6.41 Å². The summed E-state index contributed by atoms with van der Waals surface area (Å²) in [5, 5.41) is 10.2. The van der Waals surface area contributed by atoms with Crippen LogP contribution >= 0.6 is 0 Å². The minimum Gasteiger partial charge on any atom is -0.496 e. The van der Waals surface area contributed by atoms with E-state index in [4.69, 9.17) is 14.6 Å². The quantitative estimate of drug-likeness (QED) is 0.178. The molecule has 0 bridgehead atoms. The van der Waals surface area contributed by atoms with Gasteiger partial charge in [-0.1, -0.05) is 19.1 Å². The Balaban J connectivity index is 0.000000270. The standard InChI is InChI=1S/C21H30N2O2.C14H13F5N2O4/c1-7-18-15(2)9-10-19(21(18)25-6)17(4)20(23-11-8-12-23)13-16(3)22(5)14-24;15-8-3-7(21-1-2-25-6-10(21)14(17,18)19)4-9(16)12(8)13(24)20-5-11(22)23/h9-10,13-14H,7-8,11-12H2,1-6H3;3-4,10H,1-2,5-6H2,(H,20,24)(H,22,23)/b16-13-,20-17-;. The Kier molecular flexibility index (Phi) is 13.8. The molecule has 0 aliphatic carbocycles. The Bertz CT molecular complexity index is 1600. The molecular weight excluding hydrogens is 667 g/mol. The number of aliphatic carboxylic acids is 1. The number of hydrogen-bond donors (Lipinski definition) is 2. The summed E-state index contributed by atoms with van der Waals surface area (Å²) in [5.74, 6) is -4.58. The number of carboxylic acids is 1. The molecule has 2 amide bonds. The monoisotopic (exact) mass is 710 g/mol. The molecule has 0 aromatic heterocycles. The lowest BCUT2D eigenvalue weighted by Crippen LogP contribution is -2.53. The fourth-order valence-corrected chi connectivity index (χ4v) is 5.58. The number of anilines is 1. The smallest absolute Gasteiger partial charge is 0.411 e. The largest absolute Gasteiger partial charge is 0.496 e. The van der Waals surface area contributed by atoms with E-state index in [1.807, 2.05) is 6.92 Å². The number of halogens is 5. The van der Waals surface area contributed by atoms with Gasteiger partial charge in [-0.25, -0.2) is 8.78 Å². The topological polar surface area (TPSA) is 112 Å². The second-order valence-electron chi connectivity index (χ2n) is 11.8. The van der Waals surface area contributed by atoms with Crippen LogP contribution in [0.1, 0.15) is 54.2 Å². The number of morpholine rings is 1. The normalized spacial score (nSPS) is 16.8. The molecule has 2 heterocycles. The van der Waals surface area contributed by atoms with Crippen LogP contribution in [-0.2, 0) is 20.7 Å². The fourth-order valence-electron chi connectivity index (χ4n) is 5.58. The van der Waals surface area contributed by atoms with E-state index in [9.17, 15) is 36.3 Å². The van der Waals surface area contributed by atoms with Crippen LogP contribution in [0.25, 0.3) is 5.57 Å². The molecule has 10 nitrogen and oxygen atoms in total. The molecule has 2 N–H and O–H groups in total. The summed E-state index contributed by atoms with van der Waals surface area (Å²) in [5.41, 5.74) is 5.47. The number of rotatable bonds is 11. The van der Waals surface area contributed by atoms with Crippen LogP contribution in [0.3, 0.4) is 0 Å². The summed E-state index contributed by atoms with van der Waals surface area (Å²) in [6, 6.07) is 3.44. The van der Waals surface area contributed by atoms with Gasteiger partial charge >= 0.3 is 12.1 Å². The van der Waals surface area contributed by atoms with E-state index in [1.54, 1.807) is 24.4 Å². The molecule has 1 unspecified atom stereocenters. The maximum Gasteiger partial charge on any atom is 0.411 e. The van der Waals surface area contributed by atoms with Gasteiger partial charge < -0.3 is 34.6 Å². The van der Waals surface area contributed by atoms with Gasteiger partial charge in [-0.2, -0.15) is 13.2 Å². The Morgan fingerprint density at radius 2 is 1.78 bits per heavy atom. The molecule has 15 heteroatoms. The summed E-state index contributed by atoms with van der Waals surface area (Å²) in [6.07, 6.45) is 0.422. The number of methoxy groups -OCH3 is 1. The Labute approximate surface area is 288 Å². The van der Waals surface area contributed by atoms with Gasteiger partial charge in [0.25, 0.3) is 5.91 Å². The van der Waals surface area contributed by atoms with E-state index in [2.05, 4.69) is 43.9 Å². The highest BCUT2D eigenvalue weighted by atomic mass is 19.4. The van der Waals surface area contributed by atoms with E-state index in [0.29, 0.717) is 12.1 Å². The number of hydrogen-bond acceptors (Lipinski definition) is 7. The van der Waals surface area contributed by atoms with Gasteiger partial charge in [0.15, 0.2) is 0 Å². The van der Waals surface area contributed by atoms with E-state index < -0.39 is 60.1 Å². The lowest BCUT2D eigenvalue weighted by atomic mass is 9.95. The van der Waals surface area contributed by atoms with Crippen LogP contribution < -0.4 is 15.0 Å². The molecule has 4 rings (SSSR count). The predicted molar refractivity (Wildman–Crippen MR) is 178 cm³/mol. The van der Waals surface area contributed by atoms with Crippen molar-refractivity contribution >= 4 is 29.5 Å². The molecule has 274 valence electrons. The van der Waals surface area contributed by atoms with Crippen molar-refractivity contribution in [2.24, 2.45) is 0 Å². The Morgan fingerprint density at radius 1 is 1.14 bits per heavy atom. The van der Waals surface area contributed by atoms with Crippen molar-refractivity contribution in [1.82, 2.24) is 15.1 Å². The van der Waals surface area contributed by atoms with Crippen LogP contribution in [0, 0.1) is 18.6 Å². The number of carboxylic acid groups (broad SMARTS) is 1. The van der Waals surface area contributed by atoms with Gasteiger partial charge in [0, 0.05) is 49.3 Å². The first-order chi connectivity index (χ1) is 23.5. The highest BCUT2D eigenvalue weighted by Crippen LogP contribution is 2.36. The number of benzene rings is 2. The summed E-state index contributed by atoms with van der Waals surface area (Å²) < 4.78 is 77.8. The van der Waals surface area contributed by atoms with Gasteiger partial charge in [-0.3, -0.25) is 14.4 Å². The zero-order chi connectivity index (χ0) is 37.3. The van der Waals surface area contributed by atoms with Crippen molar-refractivity contribution < 1.29 is 50.9 Å². The number of amides is 2. The number of carbonyl (C=O) groups is 3. The number of ether oxygens (including phenoxy) is 2. The minimum atomic E-state index is -4.68. The summed E-state index contributed by atoms with van der Waals surface area (Å²) in [4.78, 5) is 37.8. The van der Waals surface area contributed by atoms with Gasteiger partial charge in [-0.15, -0.1) is 0 Å². The SMILES string of the molecule is CCc1c(C)ccc(/C(C)=C(/C=C(/C)N(C)C=O)N2CCC2)c1OC.O=C(O)CNC(=O)c1c(F)cc(N2CCOCC2C(F)(F)F)cc1F. The highest BCUT2D eigenvalue weighted by molar-refractivity contribution is 5.96. The molecule has 0 spiro atoms. The number of alkyl halides is 3. The third-order valence-corrected chi connectivity index (χ3v) is 8.59. The van der Waals surface area contributed by atoms with Crippen LogP contribution in [0.5, 0.6) is 5.75 Å². The Hall–Kier alpha value is -4.66. The van der Waals surface area contributed by atoms with Gasteiger partial charge in [-0.05, 0) is 68.5 Å². The van der Waals surface area contributed by atoms with E-state index in [1.165, 1.54) is 28.8 Å². The van der Waals surface area contributed by atoms with Crippen LogP contribution in [-0.4, -0.2) is 99.0 Å².